The summed E-state index contributed by atoms with van der Waals surface area (Å²) >= 11 is 1.41. The van der Waals surface area contributed by atoms with Gasteiger partial charge in [-0.05, 0) is 30.5 Å². The molecule has 4 rings (SSSR count). The molecule has 0 atom stereocenters. The van der Waals surface area contributed by atoms with Crippen LogP contribution in [0, 0.1) is 5.92 Å². The fourth-order valence-electron chi connectivity index (χ4n) is 3.52. The summed E-state index contributed by atoms with van der Waals surface area (Å²) in [6.45, 7) is 1.22. The van der Waals surface area contributed by atoms with Gasteiger partial charge in [0, 0.05) is 24.7 Å². The van der Waals surface area contributed by atoms with Crippen LogP contribution in [0.2, 0.25) is 0 Å². The van der Waals surface area contributed by atoms with Gasteiger partial charge in [-0.25, -0.2) is 4.98 Å². The molecule has 7 heteroatoms. The zero-order valence-electron chi connectivity index (χ0n) is 16.6. The number of aromatic amines is 1. The van der Waals surface area contributed by atoms with Gasteiger partial charge in [0.2, 0.25) is 11.8 Å². The summed E-state index contributed by atoms with van der Waals surface area (Å²) in [7, 11) is 0. The van der Waals surface area contributed by atoms with E-state index in [4.69, 9.17) is 0 Å². The molecule has 0 spiro atoms. The minimum absolute atomic E-state index is 0.0340. The van der Waals surface area contributed by atoms with E-state index >= 15 is 0 Å². The van der Waals surface area contributed by atoms with Crippen LogP contribution >= 0.6 is 11.8 Å². The molecule has 2 amide bonds. The van der Waals surface area contributed by atoms with Crippen molar-refractivity contribution in [1.29, 1.82) is 0 Å². The maximum absolute atomic E-state index is 12.6. The van der Waals surface area contributed by atoms with Crippen LogP contribution in [-0.2, 0) is 9.59 Å². The third kappa shape index (κ3) is 5.10. The minimum atomic E-state index is -0.0552. The van der Waals surface area contributed by atoms with E-state index < -0.39 is 0 Å². The lowest BCUT2D eigenvalue weighted by Gasteiger charge is -2.31. The highest BCUT2D eigenvalue weighted by molar-refractivity contribution is 7.99. The van der Waals surface area contributed by atoms with Gasteiger partial charge in [-0.3, -0.25) is 9.59 Å². The molecule has 0 saturated carbocycles. The monoisotopic (exact) mass is 420 g/mol. The molecule has 0 bridgehead atoms. The van der Waals surface area contributed by atoms with E-state index in [0.29, 0.717) is 31.7 Å². The van der Waals surface area contributed by atoms with Gasteiger partial charge < -0.3 is 15.2 Å². The number of aromatic nitrogens is 2. The van der Waals surface area contributed by atoms with Crippen LogP contribution in [0.1, 0.15) is 12.8 Å². The smallest absolute Gasteiger partial charge is 0.233 e. The zero-order valence-corrected chi connectivity index (χ0v) is 17.4. The molecule has 2 aromatic carbocycles. The predicted molar refractivity (Wildman–Crippen MR) is 119 cm³/mol. The van der Waals surface area contributed by atoms with Crippen molar-refractivity contribution in [2.24, 2.45) is 5.92 Å². The van der Waals surface area contributed by atoms with E-state index in [1.165, 1.54) is 11.8 Å². The summed E-state index contributed by atoms with van der Waals surface area (Å²) in [6, 6.07) is 19.5. The molecule has 1 saturated heterocycles. The highest BCUT2D eigenvalue weighted by Crippen LogP contribution is 2.23. The van der Waals surface area contributed by atoms with Crippen LogP contribution in [0.5, 0.6) is 0 Å². The molecule has 2 N–H and O–H groups in total. The van der Waals surface area contributed by atoms with Crippen molar-refractivity contribution in [3.05, 3.63) is 66.9 Å². The van der Waals surface area contributed by atoms with Crippen molar-refractivity contribution in [2.45, 2.75) is 18.0 Å². The second-order valence-corrected chi connectivity index (χ2v) is 8.23. The molecule has 0 radical (unpaired) electrons. The van der Waals surface area contributed by atoms with Crippen LogP contribution in [0.4, 0.5) is 5.69 Å². The number of imidazole rings is 1. The quantitative estimate of drug-likeness (QED) is 0.590. The summed E-state index contributed by atoms with van der Waals surface area (Å²) in [5.41, 5.74) is 2.82. The third-order valence-electron chi connectivity index (χ3n) is 5.23. The number of benzene rings is 2. The van der Waals surface area contributed by atoms with Crippen molar-refractivity contribution in [1.82, 2.24) is 14.9 Å². The van der Waals surface area contributed by atoms with E-state index in [0.717, 1.165) is 22.1 Å². The maximum atomic E-state index is 12.6. The number of hydrogen-bond donors (Lipinski definition) is 2. The Kier molecular flexibility index (Phi) is 6.49. The molecule has 1 fully saturated rings. The molecule has 1 aliphatic rings. The Balaban J connectivity index is 1.23. The summed E-state index contributed by atoms with van der Waals surface area (Å²) in [5.74, 6) is 0.398. The Morgan fingerprint density at radius 2 is 1.70 bits per heavy atom. The maximum Gasteiger partial charge on any atom is 0.233 e. The Morgan fingerprint density at radius 1 is 1.03 bits per heavy atom. The first-order valence-corrected chi connectivity index (χ1v) is 11.0. The van der Waals surface area contributed by atoms with Gasteiger partial charge in [-0.15, -0.1) is 0 Å². The van der Waals surface area contributed by atoms with Crippen LogP contribution < -0.4 is 5.32 Å². The Bertz CT molecular complexity index is 983. The number of thioether (sulfide) groups is 1. The van der Waals surface area contributed by atoms with Crippen molar-refractivity contribution in [3.63, 3.8) is 0 Å². The van der Waals surface area contributed by atoms with E-state index in [9.17, 15) is 9.59 Å². The molecule has 0 unspecified atom stereocenters. The van der Waals surface area contributed by atoms with Gasteiger partial charge in [0.05, 0.1) is 17.6 Å². The lowest BCUT2D eigenvalue weighted by Crippen LogP contribution is -2.42. The number of nitrogens with zero attached hydrogens (tertiary/aromatic N) is 2. The highest BCUT2D eigenvalue weighted by atomic mass is 32.2. The fourth-order valence-corrected chi connectivity index (χ4v) is 4.27. The SMILES string of the molecule is O=C(Nc1ccccc1)C1CCN(C(=O)CSc2ncc(-c3ccccc3)[nH]2)CC1. The first-order valence-electron chi connectivity index (χ1n) is 10.1. The van der Waals surface area contributed by atoms with Crippen LogP contribution in [0.25, 0.3) is 11.3 Å². The number of rotatable bonds is 6. The summed E-state index contributed by atoms with van der Waals surface area (Å²) in [6.07, 6.45) is 3.17. The lowest BCUT2D eigenvalue weighted by molar-refractivity contribution is -0.132. The number of piperidine rings is 1. The average Bonchev–Trinajstić information content (AvgIpc) is 3.28. The minimum Gasteiger partial charge on any atom is -0.342 e. The van der Waals surface area contributed by atoms with Gasteiger partial charge in [-0.2, -0.15) is 0 Å². The first-order chi connectivity index (χ1) is 14.7. The molecule has 154 valence electrons. The van der Waals surface area contributed by atoms with E-state index in [1.807, 2.05) is 65.6 Å². The zero-order chi connectivity index (χ0) is 20.8. The number of anilines is 1. The normalized spacial score (nSPS) is 14.5. The number of nitrogens with one attached hydrogen (secondary N) is 2. The van der Waals surface area contributed by atoms with Gasteiger partial charge in [0.15, 0.2) is 5.16 Å². The Morgan fingerprint density at radius 3 is 2.40 bits per heavy atom. The number of H-pyrrole nitrogens is 1. The predicted octanol–water partition coefficient (Wildman–Crippen LogP) is 4.05. The Hall–Kier alpha value is -3.06. The number of hydrogen-bond acceptors (Lipinski definition) is 4. The second-order valence-electron chi connectivity index (χ2n) is 7.27. The van der Waals surface area contributed by atoms with E-state index in [2.05, 4.69) is 15.3 Å². The standard InChI is InChI=1S/C23H24N4O2S/c28-21(16-30-23-24-15-20(26-23)17-7-3-1-4-8-17)27-13-11-18(12-14-27)22(29)25-19-9-5-2-6-10-19/h1-10,15,18H,11-14,16H2,(H,24,26)(H,25,29). The molecule has 1 aromatic heterocycles. The van der Waals surface area contributed by atoms with Crippen LogP contribution in [-0.4, -0.2) is 45.5 Å². The first kappa shape index (κ1) is 20.2. The molecule has 0 aliphatic carbocycles. The fraction of sp³-hybridized carbons (Fsp3) is 0.261. The van der Waals surface area contributed by atoms with Gasteiger partial charge in [-0.1, -0.05) is 60.3 Å². The number of carbonyl (C=O) groups excluding carboxylic acids is 2. The average molecular weight is 421 g/mol. The number of likely N-dealkylation sites (tertiary alicyclic amines) is 1. The molecular weight excluding hydrogens is 396 g/mol. The van der Waals surface area contributed by atoms with Crippen molar-refractivity contribution in [3.8, 4) is 11.3 Å². The van der Waals surface area contributed by atoms with E-state index in [1.54, 1.807) is 6.20 Å². The largest absolute Gasteiger partial charge is 0.342 e. The van der Waals surface area contributed by atoms with Gasteiger partial charge in [0.25, 0.3) is 0 Å². The molecule has 3 aromatic rings. The topological polar surface area (TPSA) is 78.1 Å². The number of para-hydroxylation sites is 1. The number of carbonyl (C=O) groups is 2. The molecule has 1 aliphatic heterocycles. The molecular formula is C23H24N4O2S. The Labute approximate surface area is 180 Å². The van der Waals surface area contributed by atoms with Crippen molar-refractivity contribution >= 4 is 29.3 Å². The summed E-state index contributed by atoms with van der Waals surface area (Å²) < 4.78 is 0. The van der Waals surface area contributed by atoms with Crippen LogP contribution in [0.15, 0.2) is 72.0 Å². The van der Waals surface area contributed by atoms with Crippen molar-refractivity contribution < 1.29 is 9.59 Å². The summed E-state index contributed by atoms with van der Waals surface area (Å²) in [5, 5.41) is 3.69. The summed E-state index contributed by atoms with van der Waals surface area (Å²) in [4.78, 5) is 34.5. The number of amides is 2. The highest BCUT2D eigenvalue weighted by Gasteiger charge is 2.27. The molecule has 2 heterocycles. The van der Waals surface area contributed by atoms with E-state index in [-0.39, 0.29) is 17.7 Å². The molecule has 30 heavy (non-hydrogen) atoms. The van der Waals surface area contributed by atoms with Gasteiger partial charge >= 0.3 is 0 Å². The second kappa shape index (κ2) is 9.63. The molecule has 6 nitrogen and oxygen atoms in total. The van der Waals surface area contributed by atoms with Crippen LogP contribution in [0.3, 0.4) is 0 Å². The lowest BCUT2D eigenvalue weighted by atomic mass is 9.96. The van der Waals surface area contributed by atoms with Gasteiger partial charge in [0.1, 0.15) is 0 Å². The van der Waals surface area contributed by atoms with Crippen molar-refractivity contribution in [2.75, 3.05) is 24.2 Å². The third-order valence-corrected chi connectivity index (χ3v) is 6.10.